The van der Waals surface area contributed by atoms with Crippen LogP contribution in [0.1, 0.15) is 17.3 Å². The first-order valence-corrected chi connectivity index (χ1v) is 8.95. The highest BCUT2D eigenvalue weighted by molar-refractivity contribution is 7.80. The lowest BCUT2D eigenvalue weighted by Gasteiger charge is -2.16. The molecule has 0 amide bonds. The number of hydrogen-bond acceptors (Lipinski definition) is 4. The van der Waals surface area contributed by atoms with Crippen molar-refractivity contribution in [3.8, 4) is 11.5 Å². The molecule has 0 saturated heterocycles. The quantitative estimate of drug-likeness (QED) is 0.316. The molecule has 0 atom stereocenters. The van der Waals surface area contributed by atoms with E-state index < -0.39 is 25.6 Å². The summed E-state index contributed by atoms with van der Waals surface area (Å²) in [4.78, 5) is 11.3. The molecule has 2 rings (SSSR count). The fourth-order valence-corrected chi connectivity index (χ4v) is 2.46. The van der Waals surface area contributed by atoms with Crippen molar-refractivity contribution in [3.63, 3.8) is 0 Å². The molecule has 0 aliphatic rings. The minimum absolute atomic E-state index is 0.00897. The molecule has 168 valence electrons. The third-order valence-corrected chi connectivity index (χ3v) is 3.70. The van der Waals surface area contributed by atoms with E-state index in [1.54, 1.807) is 24.3 Å². The van der Waals surface area contributed by atoms with E-state index in [9.17, 15) is 31.1 Å². The van der Waals surface area contributed by atoms with Gasteiger partial charge in [-0.3, -0.25) is 4.79 Å². The maximum absolute atomic E-state index is 12.4. The third kappa shape index (κ3) is 9.11. The zero-order valence-electron chi connectivity index (χ0n) is 15.9. The number of ether oxygens (including phenoxy) is 2. The Balaban J connectivity index is 2.14. The van der Waals surface area contributed by atoms with Crippen LogP contribution in [0.5, 0.6) is 11.5 Å². The third-order valence-electron chi connectivity index (χ3n) is 3.49. The average Bonchev–Trinajstić information content (AvgIpc) is 2.64. The maximum atomic E-state index is 12.4. The largest absolute Gasteiger partial charge is 0.484 e. The van der Waals surface area contributed by atoms with Gasteiger partial charge in [-0.15, -0.1) is 0 Å². The van der Waals surface area contributed by atoms with E-state index in [0.29, 0.717) is 11.3 Å². The van der Waals surface area contributed by atoms with Crippen LogP contribution in [0, 0.1) is 0 Å². The smallest absolute Gasteiger partial charge is 0.422 e. The number of hydrogen-bond donors (Lipinski definition) is 2. The molecule has 0 saturated carbocycles. The summed E-state index contributed by atoms with van der Waals surface area (Å²) in [5.74, 6) is -0.865. The van der Waals surface area contributed by atoms with Gasteiger partial charge in [0.15, 0.2) is 24.1 Å². The van der Waals surface area contributed by atoms with E-state index in [2.05, 4.69) is 20.1 Å². The summed E-state index contributed by atoms with van der Waals surface area (Å²) in [5, 5.41) is 5.40. The predicted octanol–water partition coefficient (Wildman–Crippen LogP) is 5.58. The number of carbonyl (C=O) groups excluding carboxylic acids is 1. The summed E-state index contributed by atoms with van der Waals surface area (Å²) in [6.07, 6.45) is -9.28. The number of carbonyl (C=O) groups is 1. The summed E-state index contributed by atoms with van der Waals surface area (Å²) >= 11 is 5.11. The van der Waals surface area contributed by atoms with Crippen LogP contribution in [0.2, 0.25) is 0 Å². The van der Waals surface area contributed by atoms with Crippen LogP contribution in [0.25, 0.3) is 0 Å². The van der Waals surface area contributed by atoms with Crippen LogP contribution in [0.3, 0.4) is 0 Å². The number of thiocarbonyl (C=S) groups is 1. The fourth-order valence-electron chi connectivity index (χ4n) is 2.22. The van der Waals surface area contributed by atoms with E-state index in [1.165, 1.54) is 6.92 Å². The lowest BCUT2D eigenvalue weighted by Crippen LogP contribution is -2.21. The second kappa shape index (κ2) is 9.86. The van der Waals surface area contributed by atoms with Crippen LogP contribution >= 0.6 is 12.2 Å². The van der Waals surface area contributed by atoms with Crippen molar-refractivity contribution >= 4 is 34.5 Å². The number of ketones is 1. The van der Waals surface area contributed by atoms with Gasteiger partial charge in [-0.05, 0) is 43.4 Å². The van der Waals surface area contributed by atoms with Crippen LogP contribution in [0.15, 0.2) is 42.5 Å². The monoisotopic (exact) mass is 466 g/mol. The number of benzene rings is 2. The second-order valence-electron chi connectivity index (χ2n) is 6.21. The van der Waals surface area contributed by atoms with Crippen molar-refractivity contribution in [2.24, 2.45) is 0 Å². The zero-order valence-corrected chi connectivity index (χ0v) is 16.7. The number of alkyl halides is 6. The Morgan fingerprint density at radius 1 is 0.839 bits per heavy atom. The Morgan fingerprint density at radius 3 is 1.71 bits per heavy atom. The molecule has 0 fully saturated rings. The second-order valence-corrected chi connectivity index (χ2v) is 6.62. The molecular weight excluding hydrogens is 450 g/mol. The SMILES string of the molecule is CC(=O)c1ccc(NC(=S)Nc2cc(OCC(F)(F)F)cc(OCC(F)(F)F)c2)cc1. The van der Waals surface area contributed by atoms with Gasteiger partial charge in [0.1, 0.15) is 11.5 Å². The number of halogens is 6. The normalized spacial score (nSPS) is 11.6. The number of Topliss-reactive ketones (excluding diaryl/α,β-unsaturated/α-hetero) is 1. The van der Waals surface area contributed by atoms with Gasteiger partial charge < -0.3 is 20.1 Å². The Bertz CT molecular complexity index is 893. The first-order chi connectivity index (χ1) is 14.3. The minimum atomic E-state index is -4.64. The first kappa shape index (κ1) is 24.3. The molecule has 0 heterocycles. The van der Waals surface area contributed by atoms with Gasteiger partial charge in [0.05, 0.1) is 0 Å². The molecule has 0 bridgehead atoms. The summed E-state index contributed by atoms with van der Waals surface area (Å²) < 4.78 is 83.6. The van der Waals surface area contributed by atoms with Crippen molar-refractivity contribution < 1.29 is 40.6 Å². The summed E-state index contributed by atoms with van der Waals surface area (Å²) in [6.45, 7) is -1.87. The van der Waals surface area contributed by atoms with Gasteiger partial charge in [-0.2, -0.15) is 26.3 Å². The van der Waals surface area contributed by atoms with Gasteiger partial charge in [-0.25, -0.2) is 0 Å². The Hall–Kier alpha value is -3.02. The topological polar surface area (TPSA) is 59.6 Å². The van der Waals surface area contributed by atoms with Gasteiger partial charge >= 0.3 is 12.4 Å². The number of anilines is 2. The molecule has 12 heteroatoms. The van der Waals surface area contributed by atoms with E-state index in [4.69, 9.17) is 12.2 Å². The molecular formula is C19H16F6N2O3S. The van der Waals surface area contributed by atoms with Crippen LogP contribution in [0.4, 0.5) is 37.7 Å². The van der Waals surface area contributed by atoms with E-state index in [1.807, 2.05) is 0 Å². The van der Waals surface area contributed by atoms with Gasteiger partial charge in [0.2, 0.25) is 0 Å². The lowest BCUT2D eigenvalue weighted by molar-refractivity contribution is -0.153. The summed E-state index contributed by atoms with van der Waals surface area (Å²) in [6, 6.07) is 9.42. The molecule has 5 nitrogen and oxygen atoms in total. The molecule has 2 N–H and O–H groups in total. The number of nitrogens with one attached hydrogen (secondary N) is 2. The van der Waals surface area contributed by atoms with Crippen molar-refractivity contribution in [2.45, 2.75) is 19.3 Å². The van der Waals surface area contributed by atoms with Crippen molar-refractivity contribution in [1.82, 2.24) is 0 Å². The van der Waals surface area contributed by atoms with Gasteiger partial charge in [-0.1, -0.05) is 0 Å². The van der Waals surface area contributed by atoms with Gasteiger partial charge in [0.25, 0.3) is 0 Å². The van der Waals surface area contributed by atoms with Crippen molar-refractivity contribution in [1.29, 1.82) is 0 Å². The molecule has 0 unspecified atom stereocenters. The van der Waals surface area contributed by atoms with E-state index in [-0.39, 0.29) is 28.1 Å². The maximum Gasteiger partial charge on any atom is 0.422 e. The molecule has 2 aromatic carbocycles. The summed E-state index contributed by atoms with van der Waals surface area (Å²) in [5.41, 5.74) is 1.01. The summed E-state index contributed by atoms with van der Waals surface area (Å²) in [7, 11) is 0. The van der Waals surface area contributed by atoms with E-state index in [0.717, 1.165) is 18.2 Å². The standard InChI is InChI=1S/C19H16F6N2O3S/c1-11(28)12-2-4-13(5-3-12)26-17(31)27-14-6-15(29-9-18(20,21)22)8-16(7-14)30-10-19(23,24)25/h2-8H,9-10H2,1H3,(H2,26,27,31). The number of rotatable bonds is 7. The van der Waals surface area contributed by atoms with Gasteiger partial charge in [0, 0.05) is 35.1 Å². The van der Waals surface area contributed by atoms with E-state index >= 15 is 0 Å². The molecule has 0 aliphatic heterocycles. The minimum Gasteiger partial charge on any atom is -0.484 e. The highest BCUT2D eigenvalue weighted by Crippen LogP contribution is 2.29. The zero-order chi connectivity index (χ0) is 23.2. The molecule has 31 heavy (non-hydrogen) atoms. The van der Waals surface area contributed by atoms with Crippen LogP contribution < -0.4 is 20.1 Å². The van der Waals surface area contributed by atoms with Crippen molar-refractivity contribution in [3.05, 3.63) is 48.0 Å². The van der Waals surface area contributed by atoms with Crippen molar-refractivity contribution in [2.75, 3.05) is 23.8 Å². The highest BCUT2D eigenvalue weighted by Gasteiger charge is 2.30. The molecule has 0 radical (unpaired) electrons. The highest BCUT2D eigenvalue weighted by atomic mass is 32.1. The van der Waals surface area contributed by atoms with Crippen LogP contribution in [-0.4, -0.2) is 36.5 Å². The van der Waals surface area contributed by atoms with Crippen LogP contribution in [-0.2, 0) is 0 Å². The Kier molecular flexibility index (Phi) is 7.71. The Morgan fingerprint density at radius 2 is 1.29 bits per heavy atom. The Labute approximate surface area is 178 Å². The average molecular weight is 466 g/mol. The molecule has 0 aromatic heterocycles. The predicted molar refractivity (Wildman–Crippen MR) is 106 cm³/mol. The molecule has 2 aromatic rings. The molecule has 0 aliphatic carbocycles. The fraction of sp³-hybridized carbons (Fsp3) is 0.263. The molecule has 0 spiro atoms. The first-order valence-electron chi connectivity index (χ1n) is 8.54. The lowest BCUT2D eigenvalue weighted by atomic mass is 10.1.